The molecule has 0 fully saturated rings. The predicted octanol–water partition coefficient (Wildman–Crippen LogP) is 1.99. The van der Waals surface area contributed by atoms with Gasteiger partial charge in [0.05, 0.1) is 7.11 Å². The fourth-order valence-corrected chi connectivity index (χ4v) is 1.31. The van der Waals surface area contributed by atoms with Gasteiger partial charge in [-0.3, -0.25) is 4.79 Å². The third-order valence-electron chi connectivity index (χ3n) is 2.17. The van der Waals surface area contributed by atoms with Crippen molar-refractivity contribution < 1.29 is 14.3 Å². The van der Waals surface area contributed by atoms with E-state index in [1.165, 1.54) is 0 Å². The summed E-state index contributed by atoms with van der Waals surface area (Å²) in [4.78, 5) is 11.6. The number of carbonyl (C=O) groups excluding carboxylic acids is 1. The lowest BCUT2D eigenvalue weighted by atomic mass is 10.3. The number of carbonyl (C=O) groups is 1. The van der Waals surface area contributed by atoms with Crippen molar-refractivity contribution in [3.8, 4) is 11.5 Å². The van der Waals surface area contributed by atoms with Crippen molar-refractivity contribution in [2.24, 2.45) is 0 Å². The van der Waals surface area contributed by atoms with Gasteiger partial charge in [-0.05, 0) is 45.0 Å². The Bertz CT molecular complexity index is 359. The third kappa shape index (κ3) is 4.34. The summed E-state index contributed by atoms with van der Waals surface area (Å²) in [5.41, 5.74) is 0. The normalized spacial score (nSPS) is 12.1. The van der Waals surface area contributed by atoms with Gasteiger partial charge in [-0.15, -0.1) is 0 Å². The topological polar surface area (TPSA) is 47.6 Å². The van der Waals surface area contributed by atoms with Gasteiger partial charge in [0.25, 0.3) is 5.91 Å². The van der Waals surface area contributed by atoms with Gasteiger partial charge in [-0.25, -0.2) is 0 Å². The first-order chi connectivity index (χ1) is 8.02. The van der Waals surface area contributed by atoms with Crippen LogP contribution in [0.25, 0.3) is 0 Å². The average molecular weight is 237 g/mol. The predicted molar refractivity (Wildman–Crippen MR) is 66.4 cm³/mol. The van der Waals surface area contributed by atoms with Crippen LogP contribution in [0.5, 0.6) is 11.5 Å². The molecule has 0 radical (unpaired) electrons. The molecular formula is C13H19NO3. The van der Waals surface area contributed by atoms with E-state index in [9.17, 15) is 4.79 Å². The highest BCUT2D eigenvalue weighted by molar-refractivity contribution is 5.80. The van der Waals surface area contributed by atoms with Gasteiger partial charge in [0.1, 0.15) is 11.5 Å². The molecule has 1 atom stereocenters. The van der Waals surface area contributed by atoms with E-state index in [1.54, 1.807) is 38.3 Å². The molecule has 0 aliphatic carbocycles. The molecule has 0 bridgehead atoms. The van der Waals surface area contributed by atoms with Crippen molar-refractivity contribution in [1.82, 2.24) is 5.32 Å². The summed E-state index contributed by atoms with van der Waals surface area (Å²) in [6.07, 6.45) is -0.509. The van der Waals surface area contributed by atoms with Gasteiger partial charge in [0, 0.05) is 6.04 Å². The molecular weight excluding hydrogens is 218 g/mol. The molecule has 0 saturated heterocycles. The Balaban J connectivity index is 2.55. The summed E-state index contributed by atoms with van der Waals surface area (Å²) < 4.78 is 10.5. The minimum atomic E-state index is -0.509. The van der Waals surface area contributed by atoms with E-state index in [2.05, 4.69) is 5.32 Å². The van der Waals surface area contributed by atoms with Gasteiger partial charge in [0.2, 0.25) is 0 Å². The van der Waals surface area contributed by atoms with Gasteiger partial charge in [0.15, 0.2) is 6.10 Å². The van der Waals surface area contributed by atoms with Crippen molar-refractivity contribution in [3.63, 3.8) is 0 Å². The van der Waals surface area contributed by atoms with Gasteiger partial charge >= 0.3 is 0 Å². The first-order valence-corrected chi connectivity index (χ1v) is 5.64. The molecule has 4 nitrogen and oxygen atoms in total. The van der Waals surface area contributed by atoms with Crippen LogP contribution < -0.4 is 14.8 Å². The number of ether oxygens (including phenoxy) is 2. The van der Waals surface area contributed by atoms with Crippen molar-refractivity contribution in [3.05, 3.63) is 24.3 Å². The zero-order valence-electron chi connectivity index (χ0n) is 10.7. The number of amides is 1. The number of hydrogen-bond acceptors (Lipinski definition) is 3. The molecule has 1 aromatic rings. The number of nitrogens with one attached hydrogen (secondary N) is 1. The van der Waals surface area contributed by atoms with Crippen LogP contribution in [0.15, 0.2) is 24.3 Å². The molecule has 0 aliphatic heterocycles. The molecule has 0 heterocycles. The minimum absolute atomic E-state index is 0.115. The van der Waals surface area contributed by atoms with E-state index < -0.39 is 6.10 Å². The lowest BCUT2D eigenvalue weighted by Crippen LogP contribution is -2.39. The molecule has 1 rings (SSSR count). The summed E-state index contributed by atoms with van der Waals surface area (Å²) in [5, 5.41) is 2.80. The Kier molecular flexibility index (Phi) is 4.82. The standard InChI is InChI=1S/C13H19NO3/c1-9(2)14-13(15)10(3)17-12-7-5-11(16-4)6-8-12/h5-10H,1-4H3,(H,14,15)/t10-/m1/s1. The van der Waals surface area contributed by atoms with Gasteiger partial charge in [-0.2, -0.15) is 0 Å². The second-order valence-electron chi connectivity index (χ2n) is 4.10. The molecule has 1 N–H and O–H groups in total. The third-order valence-corrected chi connectivity index (χ3v) is 2.17. The molecule has 94 valence electrons. The Labute approximate surface area is 102 Å². The van der Waals surface area contributed by atoms with Crippen molar-refractivity contribution >= 4 is 5.91 Å². The zero-order chi connectivity index (χ0) is 12.8. The van der Waals surface area contributed by atoms with Crippen LogP contribution in [0.3, 0.4) is 0 Å². The molecule has 0 spiro atoms. The zero-order valence-corrected chi connectivity index (χ0v) is 10.7. The van der Waals surface area contributed by atoms with Crippen LogP contribution in [-0.2, 0) is 4.79 Å². The van der Waals surface area contributed by atoms with Gasteiger partial charge < -0.3 is 14.8 Å². The second kappa shape index (κ2) is 6.13. The average Bonchev–Trinajstić information content (AvgIpc) is 2.29. The van der Waals surface area contributed by atoms with E-state index in [1.807, 2.05) is 13.8 Å². The lowest BCUT2D eigenvalue weighted by molar-refractivity contribution is -0.127. The molecule has 17 heavy (non-hydrogen) atoms. The molecule has 0 aromatic heterocycles. The van der Waals surface area contributed by atoms with E-state index in [0.29, 0.717) is 5.75 Å². The van der Waals surface area contributed by atoms with Crippen LogP contribution in [0.1, 0.15) is 20.8 Å². The quantitative estimate of drug-likeness (QED) is 0.852. The minimum Gasteiger partial charge on any atom is -0.497 e. The van der Waals surface area contributed by atoms with E-state index in [-0.39, 0.29) is 11.9 Å². The maximum atomic E-state index is 11.6. The second-order valence-corrected chi connectivity index (χ2v) is 4.10. The smallest absolute Gasteiger partial charge is 0.260 e. The summed E-state index contributed by atoms with van der Waals surface area (Å²) in [6.45, 7) is 5.55. The van der Waals surface area contributed by atoms with Crippen molar-refractivity contribution in [2.45, 2.75) is 32.9 Å². The Morgan fingerprint density at radius 3 is 2.12 bits per heavy atom. The molecule has 0 aliphatic rings. The monoisotopic (exact) mass is 237 g/mol. The molecule has 1 amide bonds. The van der Waals surface area contributed by atoms with Crippen molar-refractivity contribution in [1.29, 1.82) is 0 Å². The van der Waals surface area contributed by atoms with E-state index in [4.69, 9.17) is 9.47 Å². The summed E-state index contributed by atoms with van der Waals surface area (Å²) in [6, 6.07) is 7.25. The number of methoxy groups -OCH3 is 1. The largest absolute Gasteiger partial charge is 0.497 e. The van der Waals surface area contributed by atoms with Gasteiger partial charge in [-0.1, -0.05) is 0 Å². The maximum absolute atomic E-state index is 11.6. The lowest BCUT2D eigenvalue weighted by Gasteiger charge is -2.16. The van der Waals surface area contributed by atoms with Crippen molar-refractivity contribution in [2.75, 3.05) is 7.11 Å². The fraction of sp³-hybridized carbons (Fsp3) is 0.462. The molecule has 0 unspecified atom stereocenters. The molecule has 0 saturated carbocycles. The first-order valence-electron chi connectivity index (χ1n) is 5.64. The fourth-order valence-electron chi connectivity index (χ4n) is 1.31. The Morgan fingerprint density at radius 2 is 1.65 bits per heavy atom. The Hall–Kier alpha value is -1.71. The van der Waals surface area contributed by atoms with Crippen LogP contribution in [0.4, 0.5) is 0 Å². The molecule has 1 aromatic carbocycles. The van der Waals surface area contributed by atoms with Crippen LogP contribution in [-0.4, -0.2) is 25.2 Å². The first kappa shape index (κ1) is 13.4. The van der Waals surface area contributed by atoms with Crippen LogP contribution in [0, 0.1) is 0 Å². The summed E-state index contributed by atoms with van der Waals surface area (Å²) in [5.74, 6) is 1.30. The highest BCUT2D eigenvalue weighted by Gasteiger charge is 2.15. The maximum Gasteiger partial charge on any atom is 0.260 e. The van der Waals surface area contributed by atoms with Crippen LogP contribution >= 0.6 is 0 Å². The number of hydrogen-bond donors (Lipinski definition) is 1. The highest BCUT2D eigenvalue weighted by atomic mass is 16.5. The highest BCUT2D eigenvalue weighted by Crippen LogP contribution is 2.18. The summed E-state index contributed by atoms with van der Waals surface area (Å²) in [7, 11) is 1.61. The van der Waals surface area contributed by atoms with E-state index >= 15 is 0 Å². The number of rotatable bonds is 5. The van der Waals surface area contributed by atoms with Crippen LogP contribution in [0.2, 0.25) is 0 Å². The number of benzene rings is 1. The molecule has 4 heteroatoms. The Morgan fingerprint density at radius 1 is 1.12 bits per heavy atom. The summed E-state index contributed by atoms with van der Waals surface area (Å²) >= 11 is 0. The SMILES string of the molecule is COc1ccc(O[C@H](C)C(=O)NC(C)C)cc1. The van der Waals surface area contributed by atoms with E-state index in [0.717, 1.165) is 5.75 Å².